The van der Waals surface area contributed by atoms with E-state index in [0.717, 1.165) is 11.1 Å². The highest BCUT2D eigenvalue weighted by Crippen LogP contribution is 2.20. The first-order chi connectivity index (χ1) is 5.70. The minimum Gasteiger partial charge on any atom is -0.358 e. The van der Waals surface area contributed by atoms with Crippen LogP contribution in [-0.4, -0.2) is 0 Å². The summed E-state index contributed by atoms with van der Waals surface area (Å²) in [4.78, 5) is 0. The molecule has 0 aliphatic carbocycles. The van der Waals surface area contributed by atoms with Crippen molar-refractivity contribution in [2.45, 2.75) is 5.79 Å². The van der Waals surface area contributed by atoms with Gasteiger partial charge >= 0.3 is 0 Å². The Kier molecular flexibility index (Phi) is 1.43. The van der Waals surface area contributed by atoms with Gasteiger partial charge in [-0.15, -0.1) is 0 Å². The summed E-state index contributed by atoms with van der Waals surface area (Å²) in [6.07, 6.45) is 3.72. The van der Waals surface area contributed by atoms with Crippen LogP contribution in [0.15, 0.2) is 30.5 Å². The highest BCUT2D eigenvalue weighted by molar-refractivity contribution is 5.57. The SMILES string of the molecule is NC1(N)NC=Cc2ccccc21. The average molecular weight is 161 g/mol. The number of benzene rings is 1. The molecule has 62 valence electrons. The van der Waals surface area contributed by atoms with Crippen LogP contribution in [-0.2, 0) is 5.79 Å². The van der Waals surface area contributed by atoms with Crippen molar-refractivity contribution in [3.8, 4) is 0 Å². The summed E-state index contributed by atoms with van der Waals surface area (Å²) in [6.45, 7) is 0. The van der Waals surface area contributed by atoms with Crippen molar-refractivity contribution in [3.05, 3.63) is 41.6 Å². The number of nitrogens with one attached hydrogen (secondary N) is 1. The minimum atomic E-state index is -0.925. The predicted molar refractivity (Wildman–Crippen MR) is 48.7 cm³/mol. The van der Waals surface area contributed by atoms with Crippen molar-refractivity contribution in [2.24, 2.45) is 11.5 Å². The van der Waals surface area contributed by atoms with E-state index in [1.54, 1.807) is 6.20 Å². The summed E-state index contributed by atoms with van der Waals surface area (Å²) in [7, 11) is 0. The molecular weight excluding hydrogens is 150 g/mol. The lowest BCUT2D eigenvalue weighted by Gasteiger charge is -2.29. The Labute approximate surface area is 71.1 Å². The van der Waals surface area contributed by atoms with Crippen LogP contribution in [0.5, 0.6) is 0 Å². The van der Waals surface area contributed by atoms with Gasteiger partial charge in [0.15, 0.2) is 5.79 Å². The lowest BCUT2D eigenvalue weighted by Crippen LogP contribution is -2.57. The van der Waals surface area contributed by atoms with Crippen molar-refractivity contribution in [1.82, 2.24) is 5.32 Å². The molecule has 1 aromatic carbocycles. The second-order valence-electron chi connectivity index (χ2n) is 2.93. The molecule has 3 heteroatoms. The van der Waals surface area contributed by atoms with Gasteiger partial charge in [0.1, 0.15) is 0 Å². The highest BCUT2D eigenvalue weighted by atomic mass is 15.2. The summed E-state index contributed by atoms with van der Waals surface area (Å²) in [6, 6.07) is 7.80. The average Bonchev–Trinajstić information content (AvgIpc) is 2.04. The van der Waals surface area contributed by atoms with E-state index in [9.17, 15) is 0 Å². The Morgan fingerprint density at radius 1 is 1.17 bits per heavy atom. The second kappa shape index (κ2) is 2.33. The van der Waals surface area contributed by atoms with Gasteiger partial charge in [-0.1, -0.05) is 24.3 Å². The summed E-state index contributed by atoms with van der Waals surface area (Å²) in [5, 5.41) is 2.89. The molecule has 0 spiro atoms. The molecule has 3 nitrogen and oxygen atoms in total. The molecule has 0 saturated heterocycles. The van der Waals surface area contributed by atoms with Gasteiger partial charge in [-0.05, 0) is 17.8 Å². The molecule has 0 saturated carbocycles. The first kappa shape index (κ1) is 7.34. The van der Waals surface area contributed by atoms with Crippen LogP contribution in [0.2, 0.25) is 0 Å². The van der Waals surface area contributed by atoms with Crippen molar-refractivity contribution in [3.63, 3.8) is 0 Å². The van der Waals surface area contributed by atoms with Gasteiger partial charge < -0.3 is 5.32 Å². The van der Waals surface area contributed by atoms with E-state index < -0.39 is 5.79 Å². The monoisotopic (exact) mass is 161 g/mol. The topological polar surface area (TPSA) is 64.1 Å². The number of hydrogen-bond donors (Lipinski definition) is 3. The molecule has 0 aromatic heterocycles. The Morgan fingerprint density at radius 2 is 1.92 bits per heavy atom. The van der Waals surface area contributed by atoms with E-state index in [-0.39, 0.29) is 0 Å². The van der Waals surface area contributed by atoms with E-state index in [2.05, 4.69) is 5.32 Å². The normalized spacial score (nSPS) is 18.2. The van der Waals surface area contributed by atoms with Crippen LogP contribution >= 0.6 is 0 Å². The molecule has 0 atom stereocenters. The molecule has 0 amide bonds. The molecule has 0 unspecified atom stereocenters. The van der Waals surface area contributed by atoms with Crippen molar-refractivity contribution in [1.29, 1.82) is 0 Å². The predicted octanol–water partition coefficient (Wildman–Crippen LogP) is 0.288. The second-order valence-corrected chi connectivity index (χ2v) is 2.93. The van der Waals surface area contributed by atoms with Gasteiger partial charge in [-0.2, -0.15) is 0 Å². The summed E-state index contributed by atoms with van der Waals surface area (Å²) in [5.41, 5.74) is 13.6. The minimum absolute atomic E-state index is 0.924. The van der Waals surface area contributed by atoms with Crippen LogP contribution in [0.3, 0.4) is 0 Å². The summed E-state index contributed by atoms with van der Waals surface area (Å²) in [5.74, 6) is -0.925. The largest absolute Gasteiger partial charge is 0.358 e. The van der Waals surface area contributed by atoms with E-state index >= 15 is 0 Å². The van der Waals surface area contributed by atoms with E-state index in [1.807, 2.05) is 30.3 Å². The zero-order valence-electron chi connectivity index (χ0n) is 6.62. The van der Waals surface area contributed by atoms with Crippen LogP contribution < -0.4 is 16.8 Å². The van der Waals surface area contributed by atoms with Crippen molar-refractivity contribution < 1.29 is 0 Å². The molecule has 5 N–H and O–H groups in total. The van der Waals surface area contributed by atoms with Gasteiger partial charge in [0, 0.05) is 5.56 Å². The third-order valence-electron chi connectivity index (χ3n) is 1.99. The number of hydrogen-bond acceptors (Lipinski definition) is 3. The quantitative estimate of drug-likeness (QED) is 0.479. The van der Waals surface area contributed by atoms with Crippen LogP contribution in [0.25, 0.3) is 6.08 Å². The fraction of sp³-hybridized carbons (Fsp3) is 0.111. The molecule has 12 heavy (non-hydrogen) atoms. The fourth-order valence-corrected chi connectivity index (χ4v) is 1.37. The van der Waals surface area contributed by atoms with Crippen LogP contribution in [0, 0.1) is 0 Å². The van der Waals surface area contributed by atoms with Gasteiger partial charge in [-0.25, -0.2) is 0 Å². The molecule has 0 radical (unpaired) electrons. The standard InChI is InChI=1S/C9H11N3/c10-9(11)8-4-2-1-3-7(8)5-6-12-9/h1-6,12H,10-11H2. The van der Waals surface area contributed by atoms with E-state index in [4.69, 9.17) is 11.5 Å². The maximum absolute atomic E-state index is 5.80. The maximum atomic E-state index is 5.80. The molecule has 1 aromatic rings. The Hall–Kier alpha value is -1.32. The summed E-state index contributed by atoms with van der Waals surface area (Å²) < 4.78 is 0. The molecule has 2 rings (SSSR count). The molecule has 1 heterocycles. The van der Waals surface area contributed by atoms with E-state index in [0.29, 0.717) is 0 Å². The third kappa shape index (κ3) is 0.995. The first-order valence-corrected chi connectivity index (χ1v) is 3.82. The number of rotatable bonds is 0. The Bertz CT molecular complexity index is 328. The summed E-state index contributed by atoms with van der Waals surface area (Å²) >= 11 is 0. The maximum Gasteiger partial charge on any atom is 0.166 e. The first-order valence-electron chi connectivity index (χ1n) is 3.82. The molecule has 0 fully saturated rings. The zero-order chi connectivity index (χ0) is 8.60. The lowest BCUT2D eigenvalue weighted by atomic mass is 9.99. The van der Waals surface area contributed by atoms with Crippen LogP contribution in [0.1, 0.15) is 11.1 Å². The zero-order valence-corrected chi connectivity index (χ0v) is 6.62. The molecule has 0 bridgehead atoms. The number of fused-ring (bicyclic) bond motifs is 1. The third-order valence-corrected chi connectivity index (χ3v) is 1.99. The van der Waals surface area contributed by atoms with Gasteiger partial charge in [-0.3, -0.25) is 11.5 Å². The Balaban J connectivity index is 2.60. The van der Waals surface area contributed by atoms with E-state index in [1.165, 1.54) is 0 Å². The smallest absolute Gasteiger partial charge is 0.166 e. The lowest BCUT2D eigenvalue weighted by molar-refractivity contribution is 0.406. The molecule has 1 aliphatic heterocycles. The van der Waals surface area contributed by atoms with Gasteiger partial charge in [0.05, 0.1) is 0 Å². The van der Waals surface area contributed by atoms with Gasteiger partial charge in [0.2, 0.25) is 0 Å². The van der Waals surface area contributed by atoms with Crippen LogP contribution in [0.4, 0.5) is 0 Å². The fourth-order valence-electron chi connectivity index (χ4n) is 1.37. The highest BCUT2D eigenvalue weighted by Gasteiger charge is 2.24. The molecular formula is C9H11N3. The van der Waals surface area contributed by atoms with Crippen molar-refractivity contribution >= 4 is 6.08 Å². The van der Waals surface area contributed by atoms with Gasteiger partial charge in [0.25, 0.3) is 0 Å². The molecule has 1 aliphatic rings. The van der Waals surface area contributed by atoms with Crippen molar-refractivity contribution in [2.75, 3.05) is 0 Å². The Morgan fingerprint density at radius 3 is 2.67 bits per heavy atom. The number of nitrogens with two attached hydrogens (primary N) is 2.